The van der Waals surface area contributed by atoms with Crippen LogP contribution in [0.4, 0.5) is 23.5 Å². The third-order valence-corrected chi connectivity index (χ3v) is 5.11. The number of phenols is 1. The van der Waals surface area contributed by atoms with E-state index in [1.807, 2.05) is 35.2 Å². The molecule has 3 N–H and O–H groups in total. The number of hydrogen-bond acceptors (Lipinski definition) is 12. The average molecular weight is 480 g/mol. The Morgan fingerprint density at radius 1 is 1.17 bits per heavy atom. The van der Waals surface area contributed by atoms with E-state index in [-0.39, 0.29) is 23.0 Å². The van der Waals surface area contributed by atoms with Crippen molar-refractivity contribution in [2.45, 2.75) is 6.54 Å². The van der Waals surface area contributed by atoms with Gasteiger partial charge in [-0.2, -0.15) is 20.1 Å². The molecule has 1 aromatic heterocycles. The van der Waals surface area contributed by atoms with Gasteiger partial charge in [-0.3, -0.25) is 10.1 Å². The van der Waals surface area contributed by atoms with Crippen molar-refractivity contribution in [1.29, 1.82) is 0 Å². The van der Waals surface area contributed by atoms with E-state index in [9.17, 15) is 15.2 Å². The van der Waals surface area contributed by atoms with Crippen LogP contribution >= 0.6 is 0 Å². The molecule has 2 aromatic carbocycles. The molecule has 13 heteroatoms. The Hall–Kier alpha value is -4.52. The van der Waals surface area contributed by atoms with Crippen molar-refractivity contribution in [1.82, 2.24) is 15.0 Å². The molecule has 0 unspecified atom stereocenters. The molecule has 0 atom stereocenters. The van der Waals surface area contributed by atoms with E-state index in [1.165, 1.54) is 25.5 Å². The highest BCUT2D eigenvalue weighted by atomic mass is 16.6. The number of rotatable bonds is 9. The van der Waals surface area contributed by atoms with Crippen LogP contribution in [0.15, 0.2) is 47.6 Å². The quantitative estimate of drug-likeness (QED) is 0.234. The van der Waals surface area contributed by atoms with Crippen LogP contribution in [-0.4, -0.2) is 64.6 Å². The molecule has 35 heavy (non-hydrogen) atoms. The zero-order chi connectivity index (χ0) is 24.6. The number of nitro groups is 1. The fourth-order valence-corrected chi connectivity index (χ4v) is 3.40. The molecule has 1 fully saturated rings. The lowest BCUT2D eigenvalue weighted by atomic mass is 10.1. The van der Waals surface area contributed by atoms with Gasteiger partial charge < -0.3 is 24.8 Å². The van der Waals surface area contributed by atoms with Gasteiger partial charge >= 0.3 is 5.69 Å². The van der Waals surface area contributed by atoms with Crippen LogP contribution < -0.4 is 20.4 Å². The third-order valence-electron chi connectivity index (χ3n) is 5.11. The first-order valence-corrected chi connectivity index (χ1v) is 10.7. The SMILES string of the molecule is COc1c(O)ccc(/C=N\Nc2nc(NCc3ccccc3)nc(N3CCOCC3)n2)c1[N+](=O)[O-]. The number of hydrogen-bond donors (Lipinski definition) is 3. The number of aromatic hydroxyl groups is 1. The number of hydrazone groups is 1. The first kappa shape index (κ1) is 23.6. The summed E-state index contributed by atoms with van der Waals surface area (Å²) in [6.07, 6.45) is 1.23. The minimum Gasteiger partial charge on any atom is -0.504 e. The Labute approximate surface area is 200 Å². The summed E-state index contributed by atoms with van der Waals surface area (Å²) in [5, 5.41) is 28.6. The van der Waals surface area contributed by atoms with Gasteiger partial charge in [-0.25, -0.2) is 5.43 Å². The molecule has 0 bridgehead atoms. The fourth-order valence-electron chi connectivity index (χ4n) is 3.40. The van der Waals surface area contributed by atoms with E-state index >= 15 is 0 Å². The first-order valence-electron chi connectivity index (χ1n) is 10.7. The second-order valence-electron chi connectivity index (χ2n) is 7.40. The lowest BCUT2D eigenvalue weighted by molar-refractivity contribution is -0.385. The molecule has 2 heterocycles. The van der Waals surface area contributed by atoms with Crippen molar-refractivity contribution >= 4 is 29.7 Å². The van der Waals surface area contributed by atoms with Gasteiger partial charge in [0.2, 0.25) is 23.6 Å². The molecular weight excluding hydrogens is 456 g/mol. The van der Waals surface area contributed by atoms with Crippen molar-refractivity contribution in [2.75, 3.05) is 49.1 Å². The maximum Gasteiger partial charge on any atom is 0.323 e. The molecule has 0 radical (unpaired) electrons. The minimum absolute atomic E-state index is 0.127. The van der Waals surface area contributed by atoms with Gasteiger partial charge in [-0.15, -0.1) is 0 Å². The maximum atomic E-state index is 11.5. The standard InChI is InChI=1S/C22H24N8O5/c1-34-19-17(31)8-7-16(18(19)30(32)33)14-24-28-21-25-20(23-13-15-5-3-2-4-6-15)26-22(27-21)29-9-11-35-12-10-29/h2-8,14,31H,9-13H2,1H3,(H2,23,25,26,27,28)/b24-14-. The Morgan fingerprint density at radius 2 is 1.91 bits per heavy atom. The van der Waals surface area contributed by atoms with Gasteiger partial charge in [0.15, 0.2) is 5.75 Å². The van der Waals surface area contributed by atoms with Crippen molar-refractivity contribution in [3.05, 3.63) is 63.7 Å². The Balaban J connectivity index is 1.57. The summed E-state index contributed by atoms with van der Waals surface area (Å²) in [5.41, 5.74) is 3.49. The van der Waals surface area contributed by atoms with Gasteiger partial charge in [-0.1, -0.05) is 30.3 Å². The molecule has 1 aliphatic heterocycles. The maximum absolute atomic E-state index is 11.5. The summed E-state index contributed by atoms with van der Waals surface area (Å²) in [7, 11) is 1.24. The number of nitrogens with zero attached hydrogens (tertiary/aromatic N) is 6. The number of phenolic OH excluding ortho intramolecular Hbond substituents is 1. The molecule has 1 aliphatic rings. The summed E-state index contributed by atoms with van der Waals surface area (Å²) in [5.74, 6) is 0.364. The van der Waals surface area contributed by atoms with Crippen LogP contribution in [0.25, 0.3) is 0 Å². The number of morpholine rings is 1. The van der Waals surface area contributed by atoms with Gasteiger partial charge in [0, 0.05) is 19.6 Å². The zero-order valence-electron chi connectivity index (χ0n) is 18.9. The largest absolute Gasteiger partial charge is 0.504 e. The molecule has 0 spiro atoms. The fraction of sp³-hybridized carbons (Fsp3) is 0.273. The monoisotopic (exact) mass is 480 g/mol. The zero-order valence-corrected chi connectivity index (χ0v) is 18.9. The molecule has 0 aliphatic carbocycles. The highest BCUT2D eigenvalue weighted by Crippen LogP contribution is 2.38. The minimum atomic E-state index is -0.648. The highest BCUT2D eigenvalue weighted by Gasteiger charge is 2.23. The van der Waals surface area contributed by atoms with E-state index in [2.05, 4.69) is 30.8 Å². The predicted octanol–water partition coefficient (Wildman–Crippen LogP) is 2.39. The van der Waals surface area contributed by atoms with Crippen molar-refractivity contribution in [2.24, 2.45) is 5.10 Å². The molecule has 1 saturated heterocycles. The summed E-state index contributed by atoms with van der Waals surface area (Å²) >= 11 is 0. The number of nitrogens with one attached hydrogen (secondary N) is 2. The van der Waals surface area contributed by atoms with Gasteiger partial charge in [0.1, 0.15) is 0 Å². The lowest BCUT2D eigenvalue weighted by Crippen LogP contribution is -2.37. The van der Waals surface area contributed by atoms with Crippen molar-refractivity contribution in [3.63, 3.8) is 0 Å². The third kappa shape index (κ3) is 5.89. The van der Waals surface area contributed by atoms with Crippen molar-refractivity contribution < 1.29 is 19.5 Å². The number of benzene rings is 2. The average Bonchev–Trinajstić information content (AvgIpc) is 2.89. The molecular formula is C22H24N8O5. The highest BCUT2D eigenvalue weighted by molar-refractivity contribution is 5.88. The van der Waals surface area contributed by atoms with Gasteiger partial charge in [0.05, 0.1) is 37.0 Å². The summed E-state index contributed by atoms with van der Waals surface area (Å²) in [6.45, 7) is 2.89. The van der Waals surface area contributed by atoms with Crippen LogP contribution in [0.2, 0.25) is 0 Å². The van der Waals surface area contributed by atoms with E-state index in [0.717, 1.165) is 5.56 Å². The van der Waals surface area contributed by atoms with E-state index in [1.54, 1.807) is 0 Å². The first-order chi connectivity index (χ1) is 17.0. The number of anilines is 3. The van der Waals surface area contributed by atoms with Crippen LogP contribution in [0.3, 0.4) is 0 Å². The van der Waals surface area contributed by atoms with Crippen LogP contribution in [0.5, 0.6) is 11.5 Å². The van der Waals surface area contributed by atoms with Crippen molar-refractivity contribution in [3.8, 4) is 11.5 Å². The number of methoxy groups -OCH3 is 1. The Morgan fingerprint density at radius 3 is 2.63 bits per heavy atom. The predicted molar refractivity (Wildman–Crippen MR) is 129 cm³/mol. The summed E-state index contributed by atoms with van der Waals surface area (Å²) in [4.78, 5) is 26.2. The second-order valence-corrected chi connectivity index (χ2v) is 7.40. The molecule has 4 rings (SSSR count). The van der Waals surface area contributed by atoms with E-state index < -0.39 is 10.6 Å². The summed E-state index contributed by atoms with van der Waals surface area (Å²) in [6, 6.07) is 12.5. The second kappa shape index (κ2) is 11.1. The Bertz CT molecular complexity index is 1200. The lowest BCUT2D eigenvalue weighted by Gasteiger charge is -2.27. The normalized spacial score (nSPS) is 13.6. The van der Waals surface area contributed by atoms with E-state index in [4.69, 9.17) is 9.47 Å². The smallest absolute Gasteiger partial charge is 0.323 e. The number of aromatic nitrogens is 3. The van der Waals surface area contributed by atoms with Crippen LogP contribution in [0.1, 0.15) is 11.1 Å². The topological polar surface area (TPSA) is 160 Å². The molecule has 182 valence electrons. The van der Waals surface area contributed by atoms with Gasteiger partial charge in [-0.05, 0) is 17.7 Å². The van der Waals surface area contributed by atoms with E-state index in [0.29, 0.717) is 44.7 Å². The molecule has 3 aromatic rings. The van der Waals surface area contributed by atoms with Crippen LogP contribution in [0, 0.1) is 10.1 Å². The van der Waals surface area contributed by atoms with Gasteiger partial charge in [0.25, 0.3) is 0 Å². The summed E-state index contributed by atoms with van der Waals surface area (Å²) < 4.78 is 10.4. The Kier molecular flexibility index (Phi) is 7.47. The molecule has 0 saturated carbocycles. The molecule has 13 nitrogen and oxygen atoms in total. The molecule has 0 amide bonds. The number of nitro benzene ring substituents is 1. The number of ether oxygens (including phenoxy) is 2. The van der Waals surface area contributed by atoms with Crippen LogP contribution in [-0.2, 0) is 11.3 Å².